The lowest BCUT2D eigenvalue weighted by Gasteiger charge is -2.17. The van der Waals surface area contributed by atoms with Crippen molar-refractivity contribution in [3.8, 4) is 16.9 Å². The Morgan fingerprint density at radius 3 is 2.12 bits per heavy atom. The number of fused-ring (bicyclic) bond motifs is 1. The van der Waals surface area contributed by atoms with Crippen molar-refractivity contribution in [1.29, 1.82) is 0 Å². The lowest BCUT2D eigenvalue weighted by Crippen LogP contribution is -2.29. The summed E-state index contributed by atoms with van der Waals surface area (Å²) in [6.07, 6.45) is 0. The second-order valence-corrected chi connectivity index (χ2v) is 7.07. The van der Waals surface area contributed by atoms with Gasteiger partial charge in [0.05, 0.1) is 24.9 Å². The van der Waals surface area contributed by atoms with Gasteiger partial charge >= 0.3 is 0 Å². The molecule has 0 unspecified atom stereocenters. The average Bonchev–Trinajstić information content (AvgIpc) is 2.78. The van der Waals surface area contributed by atoms with Gasteiger partial charge in [-0.3, -0.25) is 9.36 Å². The minimum absolute atomic E-state index is 0.175. The van der Waals surface area contributed by atoms with Crippen LogP contribution < -0.4 is 10.9 Å². The first-order valence-corrected chi connectivity index (χ1v) is 9.65. The number of pyridine rings is 1. The van der Waals surface area contributed by atoms with E-state index in [0.29, 0.717) is 22.3 Å². The predicted octanol–water partition coefficient (Wildman–Crippen LogP) is 2.77. The molecule has 0 saturated heterocycles. The van der Waals surface area contributed by atoms with Crippen LogP contribution in [0.5, 0.6) is 0 Å². The first-order valence-electron chi connectivity index (χ1n) is 9.65. The summed E-state index contributed by atoms with van der Waals surface area (Å²) < 4.78 is 56.7. The summed E-state index contributed by atoms with van der Waals surface area (Å²) >= 11 is 0. The third-order valence-corrected chi connectivity index (χ3v) is 4.85. The van der Waals surface area contributed by atoms with E-state index in [1.54, 1.807) is 0 Å². The second kappa shape index (κ2) is 8.96. The Bertz CT molecular complexity index is 1370. The van der Waals surface area contributed by atoms with E-state index >= 15 is 0 Å². The minimum atomic E-state index is -1.33. The molecule has 2 aromatic heterocycles. The summed E-state index contributed by atoms with van der Waals surface area (Å²) in [6.45, 7) is -0.987. The van der Waals surface area contributed by atoms with E-state index in [1.807, 2.05) is 0 Å². The van der Waals surface area contributed by atoms with Gasteiger partial charge in [-0.2, -0.15) is 4.98 Å². The minimum Gasteiger partial charge on any atom is -0.394 e. The van der Waals surface area contributed by atoms with Crippen molar-refractivity contribution >= 4 is 17.0 Å². The number of benzene rings is 2. The number of halogens is 4. The van der Waals surface area contributed by atoms with E-state index in [1.165, 1.54) is 30.3 Å². The fourth-order valence-corrected chi connectivity index (χ4v) is 3.30. The fraction of sp³-hybridized carbons (Fsp3) is 0.136. The molecule has 4 aromatic rings. The SMILES string of the molecule is O=c1ccc2c(-c3ccc(F)cc3)nc(NC(CO)CO)nc2n1-c1c(F)cc(F)cc1F. The molecule has 0 aliphatic rings. The molecule has 0 atom stereocenters. The summed E-state index contributed by atoms with van der Waals surface area (Å²) in [5, 5.41) is 21.6. The van der Waals surface area contributed by atoms with Gasteiger partial charge in [0.2, 0.25) is 5.95 Å². The van der Waals surface area contributed by atoms with Gasteiger partial charge in [-0.15, -0.1) is 0 Å². The van der Waals surface area contributed by atoms with Crippen molar-refractivity contribution in [3.63, 3.8) is 0 Å². The zero-order valence-electron chi connectivity index (χ0n) is 16.8. The smallest absolute Gasteiger partial charge is 0.256 e. The first kappa shape index (κ1) is 22.4. The number of hydrogen-bond acceptors (Lipinski definition) is 6. The molecule has 3 N–H and O–H groups in total. The van der Waals surface area contributed by atoms with Crippen molar-refractivity contribution < 1.29 is 27.8 Å². The maximum Gasteiger partial charge on any atom is 0.256 e. The van der Waals surface area contributed by atoms with Gasteiger partial charge < -0.3 is 15.5 Å². The molecule has 7 nitrogen and oxygen atoms in total. The van der Waals surface area contributed by atoms with Crippen molar-refractivity contribution in [2.24, 2.45) is 0 Å². The van der Waals surface area contributed by atoms with Gasteiger partial charge in [0.25, 0.3) is 5.56 Å². The number of aliphatic hydroxyl groups is 2. The number of nitrogens with one attached hydrogen (secondary N) is 1. The van der Waals surface area contributed by atoms with Gasteiger partial charge in [-0.25, -0.2) is 22.5 Å². The molecule has 0 spiro atoms. The van der Waals surface area contributed by atoms with E-state index < -0.39 is 53.8 Å². The van der Waals surface area contributed by atoms with Crippen LogP contribution >= 0.6 is 0 Å². The molecule has 0 radical (unpaired) electrons. The Balaban J connectivity index is 2.08. The third-order valence-electron chi connectivity index (χ3n) is 4.85. The highest BCUT2D eigenvalue weighted by molar-refractivity contribution is 5.92. The quantitative estimate of drug-likeness (QED) is 0.383. The van der Waals surface area contributed by atoms with Crippen LogP contribution in [0.1, 0.15) is 0 Å². The maximum absolute atomic E-state index is 14.6. The molecule has 0 saturated carbocycles. The molecule has 4 rings (SSSR count). The highest BCUT2D eigenvalue weighted by Crippen LogP contribution is 2.29. The van der Waals surface area contributed by atoms with Gasteiger partial charge in [0.15, 0.2) is 17.3 Å². The number of aromatic nitrogens is 3. The van der Waals surface area contributed by atoms with Gasteiger partial charge in [-0.1, -0.05) is 0 Å². The van der Waals surface area contributed by atoms with E-state index in [-0.39, 0.29) is 22.7 Å². The van der Waals surface area contributed by atoms with Crippen LogP contribution in [0.2, 0.25) is 0 Å². The van der Waals surface area contributed by atoms with Crippen LogP contribution in [0.4, 0.5) is 23.5 Å². The molecule has 0 aliphatic heterocycles. The molecule has 0 aliphatic carbocycles. The average molecular weight is 460 g/mol. The highest BCUT2D eigenvalue weighted by atomic mass is 19.1. The van der Waals surface area contributed by atoms with Crippen molar-refractivity contribution in [2.45, 2.75) is 6.04 Å². The Labute approximate surface area is 183 Å². The summed E-state index contributed by atoms with van der Waals surface area (Å²) in [6, 6.07) is 7.52. The van der Waals surface area contributed by atoms with E-state index in [2.05, 4.69) is 15.3 Å². The molecule has 2 heterocycles. The molecule has 11 heteroatoms. The molecule has 170 valence electrons. The number of nitrogens with zero attached hydrogens (tertiary/aromatic N) is 3. The summed E-state index contributed by atoms with van der Waals surface area (Å²) in [4.78, 5) is 21.2. The number of rotatable bonds is 6. The highest BCUT2D eigenvalue weighted by Gasteiger charge is 2.21. The lowest BCUT2D eigenvalue weighted by molar-refractivity contribution is 0.203. The van der Waals surface area contributed by atoms with Crippen molar-refractivity contribution in [1.82, 2.24) is 14.5 Å². The lowest BCUT2D eigenvalue weighted by atomic mass is 10.1. The second-order valence-electron chi connectivity index (χ2n) is 7.07. The molecule has 0 fully saturated rings. The number of anilines is 1. The van der Waals surface area contributed by atoms with Crippen LogP contribution in [-0.4, -0.2) is 44.0 Å². The Morgan fingerprint density at radius 2 is 1.52 bits per heavy atom. The van der Waals surface area contributed by atoms with Crippen LogP contribution in [0.25, 0.3) is 28.0 Å². The molecule has 0 amide bonds. The molecular formula is C22H16F4N4O3. The Morgan fingerprint density at radius 1 is 0.879 bits per heavy atom. The Kier molecular flexibility index (Phi) is 6.07. The topological polar surface area (TPSA) is 100 Å². The summed E-state index contributed by atoms with van der Waals surface area (Å²) in [7, 11) is 0. The monoisotopic (exact) mass is 460 g/mol. The van der Waals surface area contributed by atoms with Crippen LogP contribution in [0, 0.1) is 23.3 Å². The van der Waals surface area contributed by atoms with E-state index in [0.717, 1.165) is 6.07 Å². The van der Waals surface area contributed by atoms with Gasteiger partial charge in [-0.05, 0) is 30.3 Å². The zero-order valence-corrected chi connectivity index (χ0v) is 16.8. The molecular weight excluding hydrogens is 444 g/mol. The van der Waals surface area contributed by atoms with Crippen LogP contribution in [0.3, 0.4) is 0 Å². The summed E-state index contributed by atoms with van der Waals surface area (Å²) in [5.74, 6) is -4.52. The molecule has 0 bridgehead atoms. The van der Waals surface area contributed by atoms with Crippen LogP contribution in [-0.2, 0) is 0 Å². The predicted molar refractivity (Wildman–Crippen MR) is 112 cm³/mol. The normalized spacial score (nSPS) is 11.4. The summed E-state index contributed by atoms with van der Waals surface area (Å²) in [5.41, 5.74) is -1.38. The number of hydrogen-bond donors (Lipinski definition) is 3. The zero-order chi connectivity index (χ0) is 23.7. The third kappa shape index (κ3) is 4.28. The molecule has 2 aromatic carbocycles. The number of aliphatic hydroxyl groups excluding tert-OH is 2. The first-order chi connectivity index (χ1) is 15.8. The standard InChI is InChI=1S/C22H16F4N4O3/c23-12-3-1-11(2-4-12)19-15-5-6-18(33)30(20-16(25)7-13(24)8-17(20)26)21(15)29-22(28-19)27-14(9-31)10-32/h1-8,14,31-32H,9-10H2,(H,27,28,29). The van der Waals surface area contributed by atoms with Gasteiger partial charge in [0, 0.05) is 29.1 Å². The molecule has 33 heavy (non-hydrogen) atoms. The van der Waals surface area contributed by atoms with Crippen molar-refractivity contribution in [3.05, 3.63) is 82.2 Å². The van der Waals surface area contributed by atoms with E-state index in [9.17, 15) is 32.6 Å². The van der Waals surface area contributed by atoms with Crippen LogP contribution in [0.15, 0.2) is 53.3 Å². The van der Waals surface area contributed by atoms with E-state index in [4.69, 9.17) is 0 Å². The van der Waals surface area contributed by atoms with Crippen molar-refractivity contribution in [2.75, 3.05) is 18.5 Å². The Hall–Kier alpha value is -3.83. The van der Waals surface area contributed by atoms with Gasteiger partial charge in [0.1, 0.15) is 17.3 Å². The largest absolute Gasteiger partial charge is 0.394 e. The fourth-order valence-electron chi connectivity index (χ4n) is 3.30. The maximum atomic E-state index is 14.6.